The third-order valence-corrected chi connectivity index (χ3v) is 3.51. The highest BCUT2D eigenvalue weighted by Crippen LogP contribution is 2.30. The molecule has 2 rings (SSSR count). The van der Waals surface area contributed by atoms with Gasteiger partial charge in [-0.3, -0.25) is 0 Å². The number of ether oxygens (including phenoxy) is 2. The average molecular weight is 255 g/mol. The number of alkyl halides is 1. The molecule has 0 bridgehead atoms. The number of rotatable bonds is 4. The van der Waals surface area contributed by atoms with Crippen molar-refractivity contribution in [2.24, 2.45) is 0 Å². The van der Waals surface area contributed by atoms with Gasteiger partial charge in [-0.05, 0) is 23.1 Å². The molecule has 1 atom stereocenters. The van der Waals surface area contributed by atoms with Crippen molar-refractivity contribution in [2.45, 2.75) is 31.8 Å². The molecule has 0 N–H and O–H groups in total. The molecule has 0 saturated carbocycles. The fourth-order valence-corrected chi connectivity index (χ4v) is 1.80. The van der Waals surface area contributed by atoms with Gasteiger partial charge in [-0.15, -0.1) is 11.6 Å². The van der Waals surface area contributed by atoms with Crippen LogP contribution in [-0.4, -0.2) is 24.7 Å². The summed E-state index contributed by atoms with van der Waals surface area (Å²) < 4.78 is 11.0. The Morgan fingerprint density at radius 1 is 1.29 bits per heavy atom. The van der Waals surface area contributed by atoms with Crippen molar-refractivity contribution in [2.75, 3.05) is 19.1 Å². The van der Waals surface area contributed by atoms with E-state index in [1.807, 2.05) is 12.1 Å². The molecule has 0 amide bonds. The lowest BCUT2D eigenvalue weighted by Crippen LogP contribution is -2.23. The molecule has 17 heavy (non-hydrogen) atoms. The lowest BCUT2D eigenvalue weighted by Gasteiger charge is -2.19. The van der Waals surface area contributed by atoms with Crippen LogP contribution in [0.2, 0.25) is 0 Å². The summed E-state index contributed by atoms with van der Waals surface area (Å²) in [6.07, 6.45) is 0. The highest BCUT2D eigenvalue weighted by molar-refractivity contribution is 6.18. The predicted molar refractivity (Wildman–Crippen MR) is 70.0 cm³/mol. The van der Waals surface area contributed by atoms with E-state index in [1.54, 1.807) is 0 Å². The van der Waals surface area contributed by atoms with Crippen molar-refractivity contribution in [1.29, 1.82) is 0 Å². The molecule has 0 aromatic heterocycles. The predicted octanol–water partition coefficient (Wildman–Crippen LogP) is 3.37. The molecule has 1 unspecified atom stereocenters. The van der Waals surface area contributed by atoms with Crippen LogP contribution in [-0.2, 0) is 10.2 Å². The molecule has 1 aromatic rings. The van der Waals surface area contributed by atoms with Gasteiger partial charge in [-0.2, -0.15) is 0 Å². The quantitative estimate of drug-likeness (QED) is 0.607. The van der Waals surface area contributed by atoms with E-state index < -0.39 is 0 Å². The Morgan fingerprint density at radius 2 is 1.88 bits per heavy atom. The lowest BCUT2D eigenvalue weighted by atomic mass is 9.87. The zero-order valence-corrected chi connectivity index (χ0v) is 11.4. The molecule has 1 saturated heterocycles. The molecule has 2 nitrogen and oxygen atoms in total. The number of benzene rings is 1. The molecule has 1 aliphatic heterocycles. The highest BCUT2D eigenvalue weighted by atomic mass is 35.5. The monoisotopic (exact) mass is 254 g/mol. The normalized spacial score (nSPS) is 23.5. The second kappa shape index (κ2) is 4.51. The zero-order chi connectivity index (χ0) is 12.5. The van der Waals surface area contributed by atoms with Crippen molar-refractivity contribution in [1.82, 2.24) is 0 Å². The van der Waals surface area contributed by atoms with Crippen LogP contribution >= 0.6 is 11.6 Å². The van der Waals surface area contributed by atoms with E-state index in [9.17, 15) is 0 Å². The van der Waals surface area contributed by atoms with Crippen LogP contribution in [0.3, 0.4) is 0 Å². The Labute approximate surface area is 108 Å². The molecule has 1 aromatic carbocycles. The Bertz CT molecular complexity index is 374. The molecule has 1 fully saturated rings. The molecule has 0 aliphatic carbocycles. The van der Waals surface area contributed by atoms with Gasteiger partial charge >= 0.3 is 0 Å². The summed E-state index contributed by atoms with van der Waals surface area (Å²) in [4.78, 5) is 0. The highest BCUT2D eigenvalue weighted by Gasteiger charge is 2.45. The van der Waals surface area contributed by atoms with E-state index in [4.69, 9.17) is 21.1 Å². The summed E-state index contributed by atoms with van der Waals surface area (Å²) in [5, 5.41) is 0. The van der Waals surface area contributed by atoms with Gasteiger partial charge in [0.15, 0.2) is 0 Å². The summed E-state index contributed by atoms with van der Waals surface area (Å²) >= 11 is 5.80. The van der Waals surface area contributed by atoms with Gasteiger partial charge < -0.3 is 9.47 Å². The topological polar surface area (TPSA) is 21.8 Å². The third-order valence-electron chi connectivity index (χ3n) is 3.02. The van der Waals surface area contributed by atoms with Crippen LogP contribution in [0.5, 0.6) is 5.75 Å². The molecule has 1 heterocycles. The third kappa shape index (κ3) is 3.14. The van der Waals surface area contributed by atoms with E-state index in [1.165, 1.54) is 5.56 Å². The first kappa shape index (κ1) is 12.7. The smallest absolute Gasteiger partial charge is 0.139 e. The maximum Gasteiger partial charge on any atom is 0.139 e. The molecule has 1 aliphatic rings. The summed E-state index contributed by atoms with van der Waals surface area (Å²) in [5.74, 6) is 1.37. The Kier molecular flexibility index (Phi) is 3.37. The van der Waals surface area contributed by atoms with E-state index in [2.05, 4.69) is 32.9 Å². The largest absolute Gasteiger partial charge is 0.490 e. The number of epoxide rings is 1. The maximum atomic E-state index is 5.80. The molecule has 3 heteroatoms. The van der Waals surface area contributed by atoms with E-state index in [-0.39, 0.29) is 11.0 Å². The van der Waals surface area contributed by atoms with Crippen LogP contribution in [0, 0.1) is 0 Å². The van der Waals surface area contributed by atoms with Crippen LogP contribution in [0.4, 0.5) is 0 Å². The molecular formula is C14H19ClO2. The average Bonchev–Trinajstić information content (AvgIpc) is 3.06. The maximum absolute atomic E-state index is 5.80. The Morgan fingerprint density at radius 3 is 2.29 bits per heavy atom. The molecular weight excluding hydrogens is 236 g/mol. The van der Waals surface area contributed by atoms with Crippen LogP contribution in [0.15, 0.2) is 24.3 Å². The summed E-state index contributed by atoms with van der Waals surface area (Å²) in [6.45, 7) is 7.83. The summed E-state index contributed by atoms with van der Waals surface area (Å²) in [6, 6.07) is 8.22. The zero-order valence-electron chi connectivity index (χ0n) is 10.6. The second-order valence-electron chi connectivity index (χ2n) is 5.67. The van der Waals surface area contributed by atoms with E-state index in [0.29, 0.717) is 19.1 Å². The number of hydrogen-bond donors (Lipinski definition) is 0. The van der Waals surface area contributed by atoms with Crippen molar-refractivity contribution in [3.8, 4) is 5.75 Å². The fraction of sp³-hybridized carbons (Fsp3) is 0.571. The molecule has 0 spiro atoms. The van der Waals surface area contributed by atoms with Crippen molar-refractivity contribution < 1.29 is 9.47 Å². The van der Waals surface area contributed by atoms with Crippen molar-refractivity contribution in [3.05, 3.63) is 29.8 Å². The Balaban J connectivity index is 1.94. The van der Waals surface area contributed by atoms with E-state index >= 15 is 0 Å². The van der Waals surface area contributed by atoms with Gasteiger partial charge in [0.05, 0.1) is 12.5 Å². The van der Waals surface area contributed by atoms with Gasteiger partial charge in [-0.1, -0.05) is 32.9 Å². The van der Waals surface area contributed by atoms with E-state index in [0.717, 1.165) is 5.75 Å². The first-order chi connectivity index (χ1) is 7.95. The minimum absolute atomic E-state index is 0.176. The summed E-state index contributed by atoms with van der Waals surface area (Å²) in [7, 11) is 0. The molecule has 0 radical (unpaired) electrons. The lowest BCUT2D eigenvalue weighted by molar-refractivity contribution is 0.204. The SMILES string of the molecule is CC(C)(C)c1ccc(OCC2(CCl)CO2)cc1. The standard InChI is InChI=1S/C14H19ClO2/c1-13(2,3)11-4-6-12(7-5-11)16-9-14(8-15)10-17-14/h4-7H,8-10H2,1-3H3. The first-order valence-electron chi connectivity index (χ1n) is 5.88. The second-order valence-corrected chi connectivity index (χ2v) is 5.94. The van der Waals surface area contributed by atoms with Gasteiger partial charge in [0, 0.05) is 0 Å². The van der Waals surface area contributed by atoms with Gasteiger partial charge in [-0.25, -0.2) is 0 Å². The van der Waals surface area contributed by atoms with Gasteiger partial charge in [0.1, 0.15) is 18.0 Å². The Hall–Kier alpha value is -0.730. The summed E-state index contributed by atoms with van der Waals surface area (Å²) in [5.41, 5.74) is 1.25. The van der Waals surface area contributed by atoms with Gasteiger partial charge in [0.2, 0.25) is 0 Å². The van der Waals surface area contributed by atoms with Crippen LogP contribution in [0.25, 0.3) is 0 Å². The van der Waals surface area contributed by atoms with Crippen LogP contribution in [0.1, 0.15) is 26.3 Å². The number of hydrogen-bond acceptors (Lipinski definition) is 2. The molecule has 94 valence electrons. The minimum Gasteiger partial charge on any atom is -0.490 e. The number of halogens is 1. The van der Waals surface area contributed by atoms with Crippen LogP contribution < -0.4 is 4.74 Å². The minimum atomic E-state index is -0.232. The first-order valence-corrected chi connectivity index (χ1v) is 6.42. The van der Waals surface area contributed by atoms with Crippen molar-refractivity contribution >= 4 is 11.6 Å². The van der Waals surface area contributed by atoms with Gasteiger partial charge in [0.25, 0.3) is 0 Å². The fourth-order valence-electron chi connectivity index (χ4n) is 1.57. The van der Waals surface area contributed by atoms with Crippen molar-refractivity contribution in [3.63, 3.8) is 0 Å².